The molecular weight excluding hydrogens is 276 g/mol. The van der Waals surface area contributed by atoms with E-state index in [1.165, 1.54) is 12.1 Å². The first-order chi connectivity index (χ1) is 9.78. The van der Waals surface area contributed by atoms with Crippen molar-refractivity contribution in [3.05, 3.63) is 23.8 Å². The molecule has 1 heterocycles. The molecule has 0 radical (unpaired) electrons. The van der Waals surface area contributed by atoms with Crippen molar-refractivity contribution in [1.82, 2.24) is 4.90 Å². The van der Waals surface area contributed by atoms with Crippen LogP contribution in [-0.4, -0.2) is 52.4 Å². The van der Waals surface area contributed by atoms with Crippen LogP contribution in [0, 0.1) is 0 Å². The van der Waals surface area contributed by atoms with Crippen LogP contribution < -0.4 is 5.32 Å². The van der Waals surface area contributed by atoms with E-state index in [0.29, 0.717) is 19.7 Å². The highest BCUT2D eigenvalue weighted by Gasteiger charge is 2.30. The normalized spacial score (nSPS) is 17.3. The van der Waals surface area contributed by atoms with Gasteiger partial charge >= 0.3 is 12.0 Å². The van der Waals surface area contributed by atoms with Gasteiger partial charge in [-0.1, -0.05) is 0 Å². The van der Waals surface area contributed by atoms with Crippen LogP contribution in [0.3, 0.4) is 0 Å². The third kappa shape index (κ3) is 3.63. The number of carbonyl (C=O) groups excluding carboxylic acids is 1. The summed E-state index contributed by atoms with van der Waals surface area (Å²) in [5.74, 6) is -1.42. The molecule has 0 unspecified atom stereocenters. The fraction of sp³-hybridized carbons (Fsp3) is 0.429. The summed E-state index contributed by atoms with van der Waals surface area (Å²) in [5.41, 5.74) is -0.280. The Morgan fingerprint density at radius 3 is 2.67 bits per heavy atom. The number of benzene rings is 1. The molecule has 2 amide bonds. The smallest absolute Gasteiger partial charge is 0.335 e. The Morgan fingerprint density at radius 1 is 1.38 bits per heavy atom. The minimum absolute atomic E-state index is 0.0435. The summed E-state index contributed by atoms with van der Waals surface area (Å²) in [4.78, 5) is 24.5. The first-order valence-corrected chi connectivity index (χ1v) is 6.55. The number of phenols is 1. The highest BCUT2D eigenvalue weighted by molar-refractivity contribution is 5.93. The van der Waals surface area contributed by atoms with E-state index in [-0.39, 0.29) is 23.0 Å². The number of nitrogens with one attached hydrogen (secondary N) is 1. The molecule has 21 heavy (non-hydrogen) atoms. The molecule has 3 N–H and O–H groups in total. The van der Waals surface area contributed by atoms with E-state index >= 15 is 0 Å². The topological polar surface area (TPSA) is 99.1 Å². The van der Waals surface area contributed by atoms with E-state index in [1.54, 1.807) is 4.90 Å². The number of carboxylic acid groups (broad SMARTS) is 1. The molecule has 114 valence electrons. The van der Waals surface area contributed by atoms with Crippen molar-refractivity contribution in [2.45, 2.75) is 19.4 Å². The second-order valence-electron chi connectivity index (χ2n) is 5.50. The van der Waals surface area contributed by atoms with Gasteiger partial charge in [-0.15, -0.1) is 0 Å². The second kappa shape index (κ2) is 5.61. The van der Waals surface area contributed by atoms with Crippen LogP contribution in [0.15, 0.2) is 18.2 Å². The van der Waals surface area contributed by atoms with Crippen molar-refractivity contribution < 1.29 is 24.5 Å². The predicted molar refractivity (Wildman–Crippen MR) is 75.7 cm³/mol. The zero-order chi connectivity index (χ0) is 15.6. The fourth-order valence-electron chi connectivity index (χ4n) is 2.15. The van der Waals surface area contributed by atoms with E-state index in [1.807, 2.05) is 13.8 Å². The Bertz CT molecular complexity index is 570. The number of urea groups is 1. The van der Waals surface area contributed by atoms with Crippen LogP contribution in [0.5, 0.6) is 5.75 Å². The molecule has 1 aliphatic heterocycles. The number of hydrogen-bond donors (Lipinski definition) is 3. The zero-order valence-corrected chi connectivity index (χ0v) is 11.9. The summed E-state index contributed by atoms with van der Waals surface area (Å²) in [7, 11) is 0. The van der Waals surface area contributed by atoms with E-state index in [9.17, 15) is 14.7 Å². The number of nitrogens with zero attached hydrogens (tertiary/aromatic N) is 1. The Morgan fingerprint density at radius 2 is 2.10 bits per heavy atom. The van der Waals surface area contributed by atoms with Gasteiger partial charge in [0.25, 0.3) is 0 Å². The summed E-state index contributed by atoms with van der Waals surface area (Å²) in [5, 5.41) is 21.2. The van der Waals surface area contributed by atoms with Crippen LogP contribution in [0.2, 0.25) is 0 Å². The lowest BCUT2D eigenvalue weighted by Gasteiger charge is -2.38. The molecular formula is C14H18N2O5. The van der Waals surface area contributed by atoms with E-state index in [2.05, 4.69) is 5.32 Å². The Labute approximate surface area is 122 Å². The van der Waals surface area contributed by atoms with Crippen LogP contribution in [0.4, 0.5) is 10.5 Å². The monoisotopic (exact) mass is 294 g/mol. The average molecular weight is 294 g/mol. The Hall–Kier alpha value is -2.28. The maximum atomic E-state index is 12.2. The standard InChI is InChI=1S/C14H18N2O5/c1-14(2)8-16(5-6-21-14)13(20)15-10-4-3-9(12(18)19)7-11(10)17/h3-4,7,17H,5-6,8H2,1-2H3,(H,15,20)(H,18,19). The molecule has 0 spiro atoms. The summed E-state index contributed by atoms with van der Waals surface area (Å²) in [6, 6.07) is 3.43. The van der Waals surface area contributed by atoms with Gasteiger partial charge < -0.3 is 25.2 Å². The SMILES string of the molecule is CC1(C)CN(C(=O)Nc2ccc(C(=O)O)cc2O)CCO1. The number of hydrogen-bond acceptors (Lipinski definition) is 4. The summed E-state index contributed by atoms with van der Waals surface area (Å²) in [6.07, 6.45) is 0. The number of rotatable bonds is 2. The lowest BCUT2D eigenvalue weighted by Crippen LogP contribution is -2.51. The van der Waals surface area contributed by atoms with Gasteiger partial charge in [0.2, 0.25) is 0 Å². The number of amides is 2. The minimum atomic E-state index is -1.14. The predicted octanol–water partition coefficient (Wildman–Crippen LogP) is 1.73. The van der Waals surface area contributed by atoms with E-state index in [0.717, 1.165) is 6.07 Å². The molecule has 0 saturated carbocycles. The first kappa shape index (κ1) is 15.1. The number of carboxylic acids is 1. The van der Waals surface area contributed by atoms with Gasteiger partial charge in [-0.3, -0.25) is 0 Å². The van der Waals surface area contributed by atoms with Gasteiger partial charge in [-0.2, -0.15) is 0 Å². The average Bonchev–Trinajstić information content (AvgIpc) is 2.39. The van der Waals surface area contributed by atoms with E-state index in [4.69, 9.17) is 9.84 Å². The first-order valence-electron chi connectivity index (χ1n) is 6.55. The summed E-state index contributed by atoms with van der Waals surface area (Å²) >= 11 is 0. The van der Waals surface area contributed by atoms with Crippen molar-refractivity contribution in [3.63, 3.8) is 0 Å². The zero-order valence-electron chi connectivity index (χ0n) is 11.9. The van der Waals surface area contributed by atoms with Gasteiger partial charge in [0.1, 0.15) is 5.75 Å². The summed E-state index contributed by atoms with van der Waals surface area (Å²) < 4.78 is 5.53. The second-order valence-corrected chi connectivity index (χ2v) is 5.50. The van der Waals surface area contributed by atoms with Crippen LogP contribution in [0.25, 0.3) is 0 Å². The number of aromatic hydroxyl groups is 1. The van der Waals surface area contributed by atoms with Crippen molar-refractivity contribution in [3.8, 4) is 5.75 Å². The van der Waals surface area contributed by atoms with E-state index < -0.39 is 11.6 Å². The van der Waals surface area contributed by atoms with Crippen molar-refractivity contribution in [1.29, 1.82) is 0 Å². The van der Waals surface area contributed by atoms with Crippen molar-refractivity contribution in [2.24, 2.45) is 0 Å². The third-order valence-electron chi connectivity index (χ3n) is 3.20. The molecule has 1 aromatic carbocycles. The molecule has 0 aliphatic carbocycles. The number of carbonyl (C=O) groups is 2. The van der Waals surface area contributed by atoms with Gasteiger partial charge in [0.05, 0.1) is 30.0 Å². The van der Waals surface area contributed by atoms with Crippen LogP contribution in [-0.2, 0) is 4.74 Å². The van der Waals surface area contributed by atoms with Crippen LogP contribution >= 0.6 is 0 Å². The highest BCUT2D eigenvalue weighted by Crippen LogP contribution is 2.25. The molecule has 7 nitrogen and oxygen atoms in total. The van der Waals surface area contributed by atoms with Gasteiger partial charge in [0, 0.05) is 6.54 Å². The molecule has 0 bridgehead atoms. The third-order valence-corrected chi connectivity index (χ3v) is 3.20. The Kier molecular flexibility index (Phi) is 4.04. The van der Waals surface area contributed by atoms with Crippen LogP contribution in [0.1, 0.15) is 24.2 Å². The van der Waals surface area contributed by atoms with Gasteiger partial charge in [-0.05, 0) is 32.0 Å². The minimum Gasteiger partial charge on any atom is -0.506 e. The van der Waals surface area contributed by atoms with Gasteiger partial charge in [0.15, 0.2) is 0 Å². The quantitative estimate of drug-likeness (QED) is 0.721. The lowest BCUT2D eigenvalue weighted by atomic mass is 10.1. The molecule has 1 aromatic rings. The number of ether oxygens (including phenoxy) is 1. The molecule has 1 saturated heterocycles. The number of aromatic carboxylic acids is 1. The Balaban J connectivity index is 2.07. The summed E-state index contributed by atoms with van der Waals surface area (Å²) in [6.45, 7) is 5.14. The molecule has 0 aromatic heterocycles. The molecule has 2 rings (SSSR count). The number of phenolic OH excluding ortho intramolecular Hbond substituents is 1. The van der Waals surface area contributed by atoms with Gasteiger partial charge in [-0.25, -0.2) is 9.59 Å². The molecule has 7 heteroatoms. The highest BCUT2D eigenvalue weighted by atomic mass is 16.5. The largest absolute Gasteiger partial charge is 0.506 e. The maximum absolute atomic E-state index is 12.2. The molecule has 1 aliphatic rings. The molecule has 1 fully saturated rings. The number of anilines is 1. The fourth-order valence-corrected chi connectivity index (χ4v) is 2.15. The van der Waals surface area contributed by atoms with Crippen molar-refractivity contribution >= 4 is 17.7 Å². The number of morpholine rings is 1. The molecule has 0 atom stereocenters. The van der Waals surface area contributed by atoms with Crippen molar-refractivity contribution in [2.75, 3.05) is 25.0 Å². The maximum Gasteiger partial charge on any atom is 0.335 e. The lowest BCUT2D eigenvalue weighted by molar-refractivity contribution is -0.0720.